The van der Waals surface area contributed by atoms with Gasteiger partial charge in [0.05, 0.1) is 55.1 Å². The smallest absolute Gasteiger partial charge is 0.292 e. The summed E-state index contributed by atoms with van der Waals surface area (Å²) < 4.78 is 11.9. The van der Waals surface area contributed by atoms with Crippen LogP contribution in [0.5, 0.6) is 5.88 Å². The molecule has 0 bridgehead atoms. The molecule has 1 aliphatic rings. The predicted molar refractivity (Wildman–Crippen MR) is 127 cm³/mol. The molecule has 0 unspecified atom stereocenters. The van der Waals surface area contributed by atoms with Crippen molar-refractivity contribution in [2.45, 2.75) is 24.8 Å². The molecule has 0 aliphatic carbocycles. The standard InChI is InChI=1S/C24H23N9O3/c1-35-21-3-2-18(15-27-21)30-23-26-10-4-19(31-23)17-14-28-33(16-17)24(6-9-25)7-12-32(13-8-24)22(34)20-5-11-29-36-20/h2-5,10-11,14-16H,6-8,12-13H2,1H3,(H,26,30,31). The van der Waals surface area contributed by atoms with Gasteiger partial charge in [0.25, 0.3) is 5.91 Å². The second-order valence-electron chi connectivity index (χ2n) is 8.38. The quantitative estimate of drug-likeness (QED) is 0.414. The van der Waals surface area contributed by atoms with E-state index in [2.05, 4.69) is 36.6 Å². The zero-order valence-corrected chi connectivity index (χ0v) is 19.5. The predicted octanol–water partition coefficient (Wildman–Crippen LogP) is 3.02. The Morgan fingerprint density at radius 1 is 1.19 bits per heavy atom. The molecule has 0 atom stereocenters. The molecule has 0 aromatic carbocycles. The molecule has 5 heterocycles. The molecule has 4 aromatic rings. The van der Waals surface area contributed by atoms with Crippen LogP contribution in [0.15, 0.2) is 59.8 Å². The maximum atomic E-state index is 12.6. The van der Waals surface area contributed by atoms with Gasteiger partial charge in [0, 0.05) is 43.2 Å². The summed E-state index contributed by atoms with van der Waals surface area (Å²) in [7, 11) is 1.56. The van der Waals surface area contributed by atoms with E-state index in [-0.39, 0.29) is 18.1 Å². The Bertz CT molecular complexity index is 1370. The number of aromatic nitrogens is 6. The third-order valence-corrected chi connectivity index (χ3v) is 6.26. The molecule has 5 rings (SSSR count). The molecule has 4 aromatic heterocycles. The van der Waals surface area contributed by atoms with Gasteiger partial charge in [-0.15, -0.1) is 0 Å². The third-order valence-electron chi connectivity index (χ3n) is 6.26. The highest BCUT2D eigenvalue weighted by atomic mass is 16.5. The van der Waals surface area contributed by atoms with Gasteiger partial charge in [-0.2, -0.15) is 10.4 Å². The molecule has 12 heteroatoms. The number of ether oxygens (including phenoxy) is 1. The van der Waals surface area contributed by atoms with E-state index in [1.807, 2.05) is 16.9 Å². The molecule has 0 radical (unpaired) electrons. The van der Waals surface area contributed by atoms with Gasteiger partial charge >= 0.3 is 0 Å². The third kappa shape index (κ3) is 4.58. The number of rotatable bonds is 7. The molecule has 12 nitrogen and oxygen atoms in total. The summed E-state index contributed by atoms with van der Waals surface area (Å²) >= 11 is 0. The van der Waals surface area contributed by atoms with Gasteiger partial charge in [-0.1, -0.05) is 5.16 Å². The first-order chi connectivity index (χ1) is 17.6. The van der Waals surface area contributed by atoms with Crippen molar-refractivity contribution in [3.63, 3.8) is 0 Å². The number of methoxy groups -OCH3 is 1. The van der Waals surface area contributed by atoms with Crippen molar-refractivity contribution in [2.75, 3.05) is 25.5 Å². The summed E-state index contributed by atoms with van der Waals surface area (Å²) in [5, 5.41) is 20.9. The van der Waals surface area contributed by atoms with Gasteiger partial charge in [0.2, 0.25) is 17.6 Å². The summed E-state index contributed by atoms with van der Waals surface area (Å²) in [5.41, 5.74) is 1.69. The van der Waals surface area contributed by atoms with E-state index in [9.17, 15) is 10.1 Å². The molecule has 1 amide bonds. The molecule has 36 heavy (non-hydrogen) atoms. The first-order valence-electron chi connectivity index (χ1n) is 11.3. The minimum absolute atomic E-state index is 0.202. The highest BCUT2D eigenvalue weighted by Gasteiger charge is 2.39. The van der Waals surface area contributed by atoms with Crippen LogP contribution in [0, 0.1) is 11.3 Å². The van der Waals surface area contributed by atoms with Crippen LogP contribution in [0.3, 0.4) is 0 Å². The Labute approximate surface area is 206 Å². The summed E-state index contributed by atoms with van der Waals surface area (Å²) in [6, 6.07) is 9.22. The number of carbonyl (C=O) groups excluding carboxylic acids is 1. The van der Waals surface area contributed by atoms with Crippen molar-refractivity contribution in [3.05, 3.63) is 61.0 Å². The van der Waals surface area contributed by atoms with Gasteiger partial charge in [-0.05, 0) is 25.0 Å². The zero-order valence-electron chi connectivity index (χ0n) is 19.5. The number of nitriles is 1. The van der Waals surface area contributed by atoms with Crippen molar-refractivity contribution >= 4 is 17.5 Å². The number of nitrogens with one attached hydrogen (secondary N) is 1. The van der Waals surface area contributed by atoms with Gasteiger partial charge < -0.3 is 19.5 Å². The van der Waals surface area contributed by atoms with Crippen LogP contribution in [0.4, 0.5) is 11.6 Å². The number of carbonyl (C=O) groups is 1. The van der Waals surface area contributed by atoms with E-state index in [0.29, 0.717) is 43.5 Å². The van der Waals surface area contributed by atoms with Gasteiger partial charge in [0.15, 0.2) is 0 Å². The first kappa shape index (κ1) is 23.0. The number of pyridine rings is 1. The summed E-state index contributed by atoms with van der Waals surface area (Å²) in [5.74, 6) is 0.940. The second-order valence-corrected chi connectivity index (χ2v) is 8.38. The average Bonchev–Trinajstić information content (AvgIpc) is 3.63. The first-order valence-corrected chi connectivity index (χ1v) is 11.3. The van der Waals surface area contributed by atoms with Crippen LogP contribution < -0.4 is 10.1 Å². The van der Waals surface area contributed by atoms with Crippen molar-refractivity contribution in [2.24, 2.45) is 0 Å². The lowest BCUT2D eigenvalue weighted by molar-refractivity contribution is 0.0541. The fourth-order valence-corrected chi connectivity index (χ4v) is 4.24. The van der Waals surface area contributed by atoms with Gasteiger partial charge in [0.1, 0.15) is 0 Å². The topological polar surface area (TPSA) is 148 Å². The van der Waals surface area contributed by atoms with Crippen molar-refractivity contribution in [3.8, 4) is 23.2 Å². The molecule has 1 fully saturated rings. The van der Waals surface area contributed by atoms with E-state index in [1.165, 1.54) is 6.20 Å². The molecule has 1 saturated heterocycles. The van der Waals surface area contributed by atoms with E-state index in [0.717, 1.165) is 11.3 Å². The molecular formula is C24H23N9O3. The van der Waals surface area contributed by atoms with Crippen LogP contribution >= 0.6 is 0 Å². The lowest BCUT2D eigenvalue weighted by Crippen LogP contribution is -2.48. The van der Waals surface area contributed by atoms with E-state index < -0.39 is 5.54 Å². The summed E-state index contributed by atoms with van der Waals surface area (Å²) in [6.45, 7) is 0.960. The SMILES string of the molecule is COc1ccc(Nc2nccc(-c3cnn(C4(CC#N)CCN(C(=O)c5ccno5)CC4)c3)n2)cn1. The fourth-order valence-electron chi connectivity index (χ4n) is 4.24. The molecule has 0 saturated carbocycles. The maximum absolute atomic E-state index is 12.6. The highest BCUT2D eigenvalue weighted by Crippen LogP contribution is 2.34. The molecule has 1 aliphatic heterocycles. The number of amides is 1. The number of nitrogens with zero attached hydrogens (tertiary/aromatic N) is 8. The largest absolute Gasteiger partial charge is 0.481 e. The summed E-state index contributed by atoms with van der Waals surface area (Å²) in [6.07, 6.45) is 9.82. The van der Waals surface area contributed by atoms with Crippen molar-refractivity contribution in [1.82, 2.24) is 34.8 Å². The zero-order chi connectivity index (χ0) is 25.0. The van der Waals surface area contributed by atoms with Crippen LogP contribution in [-0.4, -0.2) is 60.9 Å². The number of hydrogen-bond acceptors (Lipinski definition) is 10. The Morgan fingerprint density at radius 3 is 2.75 bits per heavy atom. The van der Waals surface area contributed by atoms with Crippen LogP contribution in [0.25, 0.3) is 11.3 Å². The normalized spacial score (nSPS) is 14.7. The van der Waals surface area contributed by atoms with E-state index in [4.69, 9.17) is 9.26 Å². The average molecular weight is 486 g/mol. The Hall–Kier alpha value is -4.79. The number of piperidine rings is 1. The molecule has 0 spiro atoms. The highest BCUT2D eigenvalue weighted by molar-refractivity contribution is 5.91. The van der Waals surface area contributed by atoms with E-state index in [1.54, 1.807) is 48.8 Å². The number of likely N-dealkylation sites (tertiary alicyclic amines) is 1. The lowest BCUT2D eigenvalue weighted by atomic mass is 9.85. The van der Waals surface area contributed by atoms with Crippen LogP contribution in [-0.2, 0) is 5.54 Å². The minimum atomic E-state index is -0.520. The Kier molecular flexibility index (Phi) is 6.27. The Balaban J connectivity index is 1.32. The van der Waals surface area contributed by atoms with E-state index >= 15 is 0 Å². The number of anilines is 2. The second kappa shape index (κ2) is 9.83. The van der Waals surface area contributed by atoms with Gasteiger partial charge in [-0.25, -0.2) is 15.0 Å². The van der Waals surface area contributed by atoms with Crippen molar-refractivity contribution in [1.29, 1.82) is 5.26 Å². The monoisotopic (exact) mass is 485 g/mol. The molecule has 1 N–H and O–H groups in total. The molecular weight excluding hydrogens is 462 g/mol. The molecule has 182 valence electrons. The number of hydrogen-bond donors (Lipinski definition) is 1. The fraction of sp³-hybridized carbons (Fsp3) is 0.292. The van der Waals surface area contributed by atoms with Crippen molar-refractivity contribution < 1.29 is 14.1 Å². The lowest BCUT2D eigenvalue weighted by Gasteiger charge is -2.40. The van der Waals surface area contributed by atoms with Gasteiger partial charge in [-0.3, -0.25) is 9.48 Å². The van der Waals surface area contributed by atoms with Crippen LogP contribution in [0.2, 0.25) is 0 Å². The van der Waals surface area contributed by atoms with Crippen LogP contribution in [0.1, 0.15) is 29.8 Å². The summed E-state index contributed by atoms with van der Waals surface area (Å²) in [4.78, 5) is 27.4. The Morgan fingerprint density at radius 2 is 2.06 bits per heavy atom. The maximum Gasteiger partial charge on any atom is 0.292 e. The minimum Gasteiger partial charge on any atom is -0.481 e.